The summed E-state index contributed by atoms with van der Waals surface area (Å²) in [4.78, 5) is 6.83. The molecule has 0 saturated carbocycles. The summed E-state index contributed by atoms with van der Waals surface area (Å²) in [5.41, 5.74) is 0.396. The maximum Gasteiger partial charge on any atom is 0.127 e. The van der Waals surface area contributed by atoms with Gasteiger partial charge in [0.1, 0.15) is 11.9 Å². The van der Waals surface area contributed by atoms with Gasteiger partial charge in [0.15, 0.2) is 0 Å². The van der Waals surface area contributed by atoms with E-state index in [1.165, 1.54) is 0 Å². The van der Waals surface area contributed by atoms with Crippen molar-refractivity contribution in [3.8, 4) is 5.75 Å². The van der Waals surface area contributed by atoms with Crippen LogP contribution in [-0.2, 0) is 0 Å². The SMILES string of the molecule is CC(C)(C)C1CC(Oc2cccc3cnccc23)CN1C(C)(C)C. The largest absolute Gasteiger partial charge is 0.488 e. The Labute approximate surface area is 146 Å². The highest BCUT2D eigenvalue weighted by molar-refractivity contribution is 5.87. The van der Waals surface area contributed by atoms with E-state index in [-0.39, 0.29) is 17.1 Å². The maximum absolute atomic E-state index is 6.47. The molecule has 3 rings (SSSR count). The molecular weight excluding hydrogens is 296 g/mol. The lowest BCUT2D eigenvalue weighted by Gasteiger charge is -2.42. The van der Waals surface area contributed by atoms with E-state index in [0.29, 0.717) is 6.04 Å². The monoisotopic (exact) mass is 326 g/mol. The molecule has 1 aliphatic heterocycles. The zero-order chi connectivity index (χ0) is 17.5. The molecule has 2 atom stereocenters. The van der Waals surface area contributed by atoms with E-state index in [1.807, 2.05) is 18.5 Å². The third kappa shape index (κ3) is 3.41. The Morgan fingerprint density at radius 3 is 2.46 bits per heavy atom. The smallest absolute Gasteiger partial charge is 0.127 e. The summed E-state index contributed by atoms with van der Waals surface area (Å²) < 4.78 is 6.47. The molecule has 1 saturated heterocycles. The Kier molecular flexibility index (Phi) is 4.33. The minimum Gasteiger partial charge on any atom is -0.488 e. The van der Waals surface area contributed by atoms with E-state index < -0.39 is 0 Å². The molecule has 3 nitrogen and oxygen atoms in total. The van der Waals surface area contributed by atoms with Crippen molar-refractivity contribution in [1.82, 2.24) is 9.88 Å². The zero-order valence-corrected chi connectivity index (χ0v) is 15.8. The molecule has 0 spiro atoms. The number of rotatable bonds is 2. The van der Waals surface area contributed by atoms with Gasteiger partial charge < -0.3 is 4.74 Å². The van der Waals surface area contributed by atoms with Crippen LogP contribution in [0.1, 0.15) is 48.0 Å². The van der Waals surface area contributed by atoms with Gasteiger partial charge in [-0.05, 0) is 38.3 Å². The van der Waals surface area contributed by atoms with Crippen LogP contribution in [0, 0.1) is 5.41 Å². The van der Waals surface area contributed by atoms with Gasteiger partial charge in [0, 0.05) is 47.7 Å². The summed E-state index contributed by atoms with van der Waals surface area (Å²) in [5, 5.41) is 2.28. The summed E-state index contributed by atoms with van der Waals surface area (Å²) in [5.74, 6) is 0.975. The van der Waals surface area contributed by atoms with Crippen LogP contribution in [0.4, 0.5) is 0 Å². The van der Waals surface area contributed by atoms with Crippen molar-refractivity contribution in [3.63, 3.8) is 0 Å². The summed E-state index contributed by atoms with van der Waals surface area (Å²) in [6.45, 7) is 14.9. The molecule has 3 heteroatoms. The van der Waals surface area contributed by atoms with Gasteiger partial charge in [-0.25, -0.2) is 0 Å². The predicted octanol–water partition coefficient (Wildman–Crippen LogP) is 4.90. The molecule has 2 heterocycles. The van der Waals surface area contributed by atoms with Gasteiger partial charge in [-0.1, -0.05) is 32.9 Å². The number of hydrogen-bond acceptors (Lipinski definition) is 3. The Balaban J connectivity index is 1.86. The van der Waals surface area contributed by atoms with Crippen molar-refractivity contribution in [2.24, 2.45) is 5.41 Å². The molecule has 2 aromatic rings. The lowest BCUT2D eigenvalue weighted by molar-refractivity contribution is 0.0559. The van der Waals surface area contributed by atoms with Crippen LogP contribution in [-0.4, -0.2) is 34.1 Å². The van der Waals surface area contributed by atoms with Crippen molar-refractivity contribution in [3.05, 3.63) is 36.7 Å². The van der Waals surface area contributed by atoms with Gasteiger partial charge in [-0.3, -0.25) is 9.88 Å². The van der Waals surface area contributed by atoms with Crippen molar-refractivity contribution in [2.45, 2.75) is 65.6 Å². The molecule has 1 aromatic heterocycles. The fourth-order valence-electron chi connectivity index (χ4n) is 3.82. The van der Waals surface area contributed by atoms with Gasteiger partial charge in [-0.2, -0.15) is 0 Å². The van der Waals surface area contributed by atoms with Gasteiger partial charge in [0.05, 0.1) is 0 Å². The first-order chi connectivity index (χ1) is 11.2. The van der Waals surface area contributed by atoms with Crippen LogP contribution in [0.15, 0.2) is 36.7 Å². The predicted molar refractivity (Wildman–Crippen MR) is 100 cm³/mol. The molecule has 0 amide bonds. The van der Waals surface area contributed by atoms with Crippen molar-refractivity contribution in [1.29, 1.82) is 0 Å². The number of aromatic nitrogens is 1. The third-order valence-electron chi connectivity index (χ3n) is 5.06. The highest BCUT2D eigenvalue weighted by Crippen LogP contribution is 2.39. The second kappa shape index (κ2) is 6.03. The molecule has 1 aliphatic rings. The maximum atomic E-state index is 6.47. The summed E-state index contributed by atoms with van der Waals surface area (Å²) >= 11 is 0. The molecule has 0 N–H and O–H groups in total. The van der Waals surface area contributed by atoms with Crippen molar-refractivity contribution < 1.29 is 4.74 Å². The third-order valence-corrected chi connectivity index (χ3v) is 5.06. The molecular formula is C21H30N2O. The van der Waals surface area contributed by atoms with Gasteiger partial charge >= 0.3 is 0 Å². The van der Waals surface area contributed by atoms with Crippen molar-refractivity contribution >= 4 is 10.8 Å². The second-order valence-electron chi connectivity index (χ2n) is 9.03. The van der Waals surface area contributed by atoms with Crippen LogP contribution in [0.2, 0.25) is 0 Å². The summed E-state index contributed by atoms with van der Waals surface area (Å²) in [7, 11) is 0. The quantitative estimate of drug-likeness (QED) is 0.785. The lowest BCUT2D eigenvalue weighted by atomic mass is 9.83. The fourth-order valence-corrected chi connectivity index (χ4v) is 3.82. The second-order valence-corrected chi connectivity index (χ2v) is 9.03. The van der Waals surface area contributed by atoms with Crippen molar-refractivity contribution in [2.75, 3.05) is 6.54 Å². The highest BCUT2D eigenvalue weighted by atomic mass is 16.5. The Hall–Kier alpha value is -1.61. The van der Waals surface area contributed by atoms with E-state index in [2.05, 4.69) is 69.6 Å². The number of ether oxygens (including phenoxy) is 1. The van der Waals surface area contributed by atoms with Crippen LogP contribution in [0.5, 0.6) is 5.75 Å². The number of benzene rings is 1. The van der Waals surface area contributed by atoms with Gasteiger partial charge in [0.25, 0.3) is 0 Å². The first-order valence-electron chi connectivity index (χ1n) is 8.92. The highest BCUT2D eigenvalue weighted by Gasteiger charge is 2.44. The molecule has 2 unspecified atom stereocenters. The van der Waals surface area contributed by atoms with E-state index >= 15 is 0 Å². The standard InChI is InChI=1S/C21H30N2O/c1-20(2,3)19-12-16(14-23(19)21(4,5)6)24-18-9-7-8-15-13-22-11-10-17(15)18/h7-11,13,16,19H,12,14H2,1-6H3. The number of likely N-dealkylation sites (tertiary alicyclic amines) is 1. The van der Waals surface area contributed by atoms with E-state index in [4.69, 9.17) is 4.74 Å². The van der Waals surface area contributed by atoms with E-state index in [0.717, 1.165) is 29.5 Å². The Bertz CT molecular complexity index is 684. The topological polar surface area (TPSA) is 25.4 Å². The van der Waals surface area contributed by atoms with Crippen LogP contribution < -0.4 is 4.74 Å². The number of fused-ring (bicyclic) bond motifs is 1. The molecule has 1 fully saturated rings. The molecule has 0 bridgehead atoms. The lowest BCUT2D eigenvalue weighted by Crippen LogP contribution is -2.49. The van der Waals surface area contributed by atoms with Crippen LogP contribution in [0.3, 0.4) is 0 Å². The normalized spacial score (nSPS) is 22.9. The van der Waals surface area contributed by atoms with Gasteiger partial charge in [0.2, 0.25) is 0 Å². The van der Waals surface area contributed by atoms with Gasteiger partial charge in [-0.15, -0.1) is 0 Å². The molecule has 1 aromatic carbocycles. The first kappa shape index (κ1) is 17.2. The van der Waals surface area contributed by atoms with E-state index in [9.17, 15) is 0 Å². The molecule has 24 heavy (non-hydrogen) atoms. The Morgan fingerprint density at radius 2 is 1.83 bits per heavy atom. The first-order valence-corrected chi connectivity index (χ1v) is 8.92. The molecule has 130 valence electrons. The fraction of sp³-hybridized carbons (Fsp3) is 0.571. The summed E-state index contributed by atoms with van der Waals surface area (Å²) in [6, 6.07) is 8.79. The number of pyridine rings is 1. The zero-order valence-electron chi connectivity index (χ0n) is 15.8. The summed E-state index contributed by atoms with van der Waals surface area (Å²) in [6.07, 6.45) is 5.04. The number of hydrogen-bond donors (Lipinski definition) is 0. The minimum atomic E-state index is 0.152. The van der Waals surface area contributed by atoms with E-state index in [1.54, 1.807) is 0 Å². The molecule has 0 aliphatic carbocycles. The average molecular weight is 326 g/mol. The Morgan fingerprint density at radius 1 is 1.08 bits per heavy atom. The van der Waals surface area contributed by atoms with Crippen LogP contribution >= 0.6 is 0 Å². The molecule has 0 radical (unpaired) electrons. The minimum absolute atomic E-state index is 0.152. The number of nitrogens with zero attached hydrogens (tertiary/aromatic N) is 2. The average Bonchev–Trinajstić information content (AvgIpc) is 2.92. The van der Waals surface area contributed by atoms with Crippen LogP contribution in [0.25, 0.3) is 10.8 Å².